The smallest absolute Gasteiger partial charge is 0.226 e. The summed E-state index contributed by atoms with van der Waals surface area (Å²) in [5.41, 5.74) is 2.47. The first-order chi connectivity index (χ1) is 12.2. The zero-order chi connectivity index (χ0) is 17.2. The molecule has 0 atom stereocenters. The Bertz CT molecular complexity index is 1010. The van der Waals surface area contributed by atoms with E-state index in [-0.39, 0.29) is 12.3 Å². The highest BCUT2D eigenvalue weighted by atomic mass is 35.5. The van der Waals surface area contributed by atoms with Crippen molar-refractivity contribution in [2.75, 3.05) is 0 Å². The van der Waals surface area contributed by atoms with Gasteiger partial charge in [-0.1, -0.05) is 29.8 Å². The molecule has 0 bridgehead atoms. The molecule has 1 amide bonds. The van der Waals surface area contributed by atoms with Crippen LogP contribution in [-0.4, -0.2) is 20.3 Å². The monoisotopic (exact) mass is 388 g/mol. The summed E-state index contributed by atoms with van der Waals surface area (Å²) in [7, 11) is 0. The molecule has 3 heterocycles. The molecule has 0 aliphatic carbocycles. The van der Waals surface area contributed by atoms with E-state index < -0.39 is 0 Å². The van der Waals surface area contributed by atoms with Gasteiger partial charge in [0.2, 0.25) is 5.91 Å². The van der Waals surface area contributed by atoms with E-state index in [1.54, 1.807) is 11.3 Å². The van der Waals surface area contributed by atoms with Crippen LogP contribution in [0.5, 0.6) is 0 Å². The molecule has 1 aromatic carbocycles. The maximum Gasteiger partial charge on any atom is 0.226 e. The Kier molecular flexibility index (Phi) is 4.52. The summed E-state index contributed by atoms with van der Waals surface area (Å²) in [5.74, 6) is -0.0765. The van der Waals surface area contributed by atoms with Gasteiger partial charge in [-0.15, -0.1) is 22.7 Å². The summed E-state index contributed by atoms with van der Waals surface area (Å²) >= 11 is 9.25. The van der Waals surface area contributed by atoms with Crippen LogP contribution in [0.25, 0.3) is 15.5 Å². The Balaban J connectivity index is 1.38. The Morgan fingerprint density at radius 3 is 2.92 bits per heavy atom. The lowest BCUT2D eigenvalue weighted by molar-refractivity contribution is -0.120. The number of carbonyl (C=O) groups is 1. The molecular formula is C17H13ClN4OS2. The number of hydrogen-bond acceptors (Lipinski definition) is 5. The van der Waals surface area contributed by atoms with Crippen molar-refractivity contribution in [3.05, 3.63) is 63.8 Å². The van der Waals surface area contributed by atoms with Crippen LogP contribution in [0.15, 0.2) is 47.4 Å². The number of thiazole rings is 2. The third-order valence-corrected chi connectivity index (χ3v) is 5.63. The molecule has 0 saturated heterocycles. The van der Waals surface area contributed by atoms with E-state index >= 15 is 0 Å². The highest BCUT2D eigenvalue weighted by molar-refractivity contribution is 7.15. The minimum atomic E-state index is -0.0765. The minimum Gasteiger partial charge on any atom is -0.350 e. The fourth-order valence-electron chi connectivity index (χ4n) is 2.42. The Labute approximate surface area is 156 Å². The zero-order valence-corrected chi connectivity index (χ0v) is 15.4. The number of benzene rings is 1. The van der Waals surface area contributed by atoms with Gasteiger partial charge in [-0.25, -0.2) is 9.97 Å². The molecule has 0 unspecified atom stereocenters. The van der Waals surface area contributed by atoms with Crippen LogP contribution in [0.1, 0.15) is 11.4 Å². The van der Waals surface area contributed by atoms with Crippen molar-refractivity contribution in [3.63, 3.8) is 0 Å². The van der Waals surface area contributed by atoms with Gasteiger partial charge < -0.3 is 5.32 Å². The van der Waals surface area contributed by atoms with E-state index in [4.69, 9.17) is 11.6 Å². The zero-order valence-electron chi connectivity index (χ0n) is 13.0. The molecule has 8 heteroatoms. The summed E-state index contributed by atoms with van der Waals surface area (Å²) in [6, 6.07) is 7.56. The van der Waals surface area contributed by atoms with Crippen LogP contribution in [0, 0.1) is 0 Å². The third kappa shape index (κ3) is 3.58. The maximum absolute atomic E-state index is 12.1. The average molecular weight is 389 g/mol. The molecule has 0 aliphatic heterocycles. The number of hydrogen-bond donors (Lipinski definition) is 1. The van der Waals surface area contributed by atoms with Crippen LogP contribution < -0.4 is 5.32 Å². The SMILES string of the molecule is O=C(Cc1csc(-c2ccccc2Cl)n1)NCc1cn2ccsc2n1. The van der Waals surface area contributed by atoms with Gasteiger partial charge in [0.25, 0.3) is 0 Å². The van der Waals surface area contributed by atoms with Gasteiger partial charge in [0.1, 0.15) is 5.01 Å². The molecule has 0 saturated carbocycles. The van der Waals surface area contributed by atoms with E-state index in [9.17, 15) is 4.79 Å². The second-order valence-corrected chi connectivity index (χ2v) is 7.54. The van der Waals surface area contributed by atoms with Crippen molar-refractivity contribution in [2.45, 2.75) is 13.0 Å². The highest BCUT2D eigenvalue weighted by Crippen LogP contribution is 2.30. The average Bonchev–Trinajstić information content (AvgIpc) is 3.29. The number of imidazole rings is 1. The standard InChI is InChI=1S/C17H13ClN4OS2/c18-14-4-2-1-3-13(14)16-20-11(10-25-16)7-15(23)19-8-12-9-22-5-6-24-17(22)21-12/h1-6,9-10H,7-8H2,(H,19,23). The van der Waals surface area contributed by atoms with Crippen molar-refractivity contribution in [1.82, 2.24) is 19.7 Å². The minimum absolute atomic E-state index is 0.0765. The first-order valence-corrected chi connectivity index (χ1v) is 9.70. The molecule has 5 nitrogen and oxygen atoms in total. The van der Waals surface area contributed by atoms with Crippen LogP contribution in [0.4, 0.5) is 0 Å². The molecule has 4 aromatic rings. The fraction of sp³-hybridized carbons (Fsp3) is 0.118. The number of amides is 1. The van der Waals surface area contributed by atoms with Gasteiger partial charge in [0, 0.05) is 28.7 Å². The number of carbonyl (C=O) groups excluding carboxylic acids is 1. The number of fused-ring (bicyclic) bond motifs is 1. The molecule has 25 heavy (non-hydrogen) atoms. The molecule has 4 rings (SSSR count). The second-order valence-electron chi connectivity index (χ2n) is 5.40. The van der Waals surface area contributed by atoms with Crippen LogP contribution in [-0.2, 0) is 17.8 Å². The van der Waals surface area contributed by atoms with Crippen LogP contribution in [0.2, 0.25) is 5.02 Å². The summed E-state index contributed by atoms with van der Waals surface area (Å²) in [6.07, 6.45) is 4.11. The van der Waals surface area contributed by atoms with Gasteiger partial charge in [-0.2, -0.15) is 0 Å². The lowest BCUT2D eigenvalue weighted by Gasteiger charge is -2.01. The van der Waals surface area contributed by atoms with Crippen molar-refractivity contribution in [2.24, 2.45) is 0 Å². The number of aromatic nitrogens is 3. The molecule has 0 aliphatic rings. The predicted octanol–water partition coefficient (Wildman–Crippen LogP) is 4.03. The summed E-state index contributed by atoms with van der Waals surface area (Å²) < 4.78 is 1.95. The van der Waals surface area contributed by atoms with E-state index in [1.165, 1.54) is 11.3 Å². The fourth-order valence-corrected chi connectivity index (χ4v) is 4.28. The Morgan fingerprint density at radius 1 is 1.20 bits per heavy atom. The van der Waals surface area contributed by atoms with Crippen molar-refractivity contribution < 1.29 is 4.79 Å². The lowest BCUT2D eigenvalue weighted by Crippen LogP contribution is -2.24. The number of nitrogens with one attached hydrogen (secondary N) is 1. The highest BCUT2D eigenvalue weighted by Gasteiger charge is 2.11. The first kappa shape index (κ1) is 16.3. The van der Waals surface area contributed by atoms with Gasteiger partial charge in [0.15, 0.2) is 4.96 Å². The summed E-state index contributed by atoms with van der Waals surface area (Å²) in [4.78, 5) is 22.0. The van der Waals surface area contributed by atoms with E-state index in [0.717, 1.165) is 26.9 Å². The normalized spacial score (nSPS) is 11.1. The van der Waals surface area contributed by atoms with E-state index in [0.29, 0.717) is 11.6 Å². The van der Waals surface area contributed by atoms with Crippen LogP contribution >= 0.6 is 34.3 Å². The summed E-state index contributed by atoms with van der Waals surface area (Å²) in [6.45, 7) is 0.411. The lowest BCUT2D eigenvalue weighted by atomic mass is 10.2. The largest absolute Gasteiger partial charge is 0.350 e. The second kappa shape index (κ2) is 6.95. The molecule has 126 valence electrons. The van der Waals surface area contributed by atoms with Gasteiger partial charge in [-0.05, 0) is 6.07 Å². The molecule has 3 aromatic heterocycles. The number of nitrogens with zero attached hydrogens (tertiary/aromatic N) is 3. The number of halogens is 1. The molecular weight excluding hydrogens is 376 g/mol. The van der Waals surface area contributed by atoms with Crippen LogP contribution in [0.3, 0.4) is 0 Å². The topological polar surface area (TPSA) is 59.3 Å². The third-order valence-electron chi connectivity index (χ3n) is 3.61. The van der Waals surface area contributed by atoms with Crippen molar-refractivity contribution >= 4 is 45.1 Å². The van der Waals surface area contributed by atoms with Gasteiger partial charge in [-0.3, -0.25) is 9.20 Å². The van der Waals surface area contributed by atoms with Crippen molar-refractivity contribution in [1.29, 1.82) is 0 Å². The molecule has 0 fully saturated rings. The molecule has 0 radical (unpaired) electrons. The Hall–Kier alpha value is -2.22. The Morgan fingerprint density at radius 2 is 2.08 bits per heavy atom. The van der Waals surface area contributed by atoms with E-state index in [2.05, 4.69) is 15.3 Å². The summed E-state index contributed by atoms with van der Waals surface area (Å²) in [5, 5.41) is 8.24. The predicted molar refractivity (Wildman–Crippen MR) is 101 cm³/mol. The van der Waals surface area contributed by atoms with E-state index in [1.807, 2.05) is 51.8 Å². The van der Waals surface area contributed by atoms with Gasteiger partial charge in [0.05, 0.1) is 29.4 Å². The van der Waals surface area contributed by atoms with Crippen molar-refractivity contribution in [3.8, 4) is 10.6 Å². The number of rotatable bonds is 5. The molecule has 0 spiro atoms. The van der Waals surface area contributed by atoms with Gasteiger partial charge >= 0.3 is 0 Å². The molecule has 1 N–H and O–H groups in total. The first-order valence-electron chi connectivity index (χ1n) is 7.56. The quantitative estimate of drug-likeness (QED) is 0.561. The maximum atomic E-state index is 12.1.